The maximum absolute atomic E-state index is 6.27. The van der Waals surface area contributed by atoms with Gasteiger partial charge in [-0.25, -0.2) is 9.97 Å². The third kappa shape index (κ3) is 2.49. The van der Waals surface area contributed by atoms with Crippen LogP contribution in [0.4, 0.5) is 0 Å². The average molecular weight is 368 g/mol. The second-order valence-corrected chi connectivity index (χ2v) is 6.02. The molecule has 108 valence electrons. The number of rotatable bonds is 3. The number of fused-ring (bicyclic) bond motifs is 1. The molecule has 1 unspecified atom stereocenters. The van der Waals surface area contributed by atoms with Gasteiger partial charge in [0.2, 0.25) is 5.88 Å². The van der Waals surface area contributed by atoms with Crippen LogP contribution < -0.4 is 4.74 Å². The first-order chi connectivity index (χ1) is 10.1. The average Bonchev–Trinajstić information content (AvgIpc) is 2.87. The fourth-order valence-corrected chi connectivity index (χ4v) is 2.56. The van der Waals surface area contributed by atoms with E-state index in [1.807, 2.05) is 35.8 Å². The summed E-state index contributed by atoms with van der Waals surface area (Å²) in [5.74, 6) is 1.14. The molecule has 0 aliphatic rings. The number of aromatic nitrogens is 4. The van der Waals surface area contributed by atoms with Gasteiger partial charge in [-0.15, -0.1) is 11.6 Å². The summed E-state index contributed by atoms with van der Waals surface area (Å²) in [6.45, 7) is 1.87. The summed E-state index contributed by atoms with van der Waals surface area (Å²) in [5, 5.41) is -0.271. The van der Waals surface area contributed by atoms with Gasteiger partial charge in [-0.05, 0) is 31.2 Å². The number of ether oxygens (including phenoxy) is 1. The van der Waals surface area contributed by atoms with Gasteiger partial charge in [0.25, 0.3) is 0 Å². The van der Waals surface area contributed by atoms with Crippen molar-refractivity contribution in [1.29, 1.82) is 0 Å². The van der Waals surface area contributed by atoms with Crippen LogP contribution in [0.5, 0.6) is 5.88 Å². The Bertz CT molecular complexity index is 786. The van der Waals surface area contributed by atoms with Crippen LogP contribution in [-0.2, 0) is 0 Å². The molecular weight excluding hydrogens is 356 g/mol. The summed E-state index contributed by atoms with van der Waals surface area (Å²) in [5.41, 5.74) is 2.21. The first kappa shape index (κ1) is 14.3. The van der Waals surface area contributed by atoms with E-state index in [0.29, 0.717) is 22.9 Å². The molecule has 2 heterocycles. The quantitative estimate of drug-likeness (QED) is 0.659. The summed E-state index contributed by atoms with van der Waals surface area (Å²) in [6.07, 6.45) is 1.46. The molecule has 3 aromatic rings. The van der Waals surface area contributed by atoms with Gasteiger partial charge in [0.15, 0.2) is 11.2 Å². The van der Waals surface area contributed by atoms with Crippen LogP contribution in [0.15, 0.2) is 35.1 Å². The van der Waals surface area contributed by atoms with E-state index >= 15 is 0 Å². The molecule has 21 heavy (non-hydrogen) atoms. The van der Waals surface area contributed by atoms with Crippen LogP contribution in [0.1, 0.15) is 18.1 Å². The molecule has 0 spiro atoms. The van der Waals surface area contributed by atoms with Crippen molar-refractivity contribution in [1.82, 2.24) is 19.5 Å². The van der Waals surface area contributed by atoms with Crippen molar-refractivity contribution >= 4 is 38.7 Å². The minimum Gasteiger partial charge on any atom is -0.479 e. The molecular formula is C14H12BrClN4O. The molecule has 5 nitrogen and oxygen atoms in total. The smallest absolute Gasteiger partial charge is 0.245 e. The number of benzene rings is 1. The van der Waals surface area contributed by atoms with Crippen molar-refractivity contribution in [2.24, 2.45) is 0 Å². The lowest BCUT2D eigenvalue weighted by molar-refractivity contribution is 0.401. The zero-order valence-electron chi connectivity index (χ0n) is 11.4. The third-order valence-electron chi connectivity index (χ3n) is 3.07. The van der Waals surface area contributed by atoms with E-state index in [9.17, 15) is 0 Å². The van der Waals surface area contributed by atoms with Crippen LogP contribution >= 0.6 is 27.5 Å². The summed E-state index contributed by atoms with van der Waals surface area (Å²) in [7, 11) is 1.56. The summed E-state index contributed by atoms with van der Waals surface area (Å²) >= 11 is 9.71. The van der Waals surface area contributed by atoms with Gasteiger partial charge in [0.05, 0.1) is 12.5 Å². The Balaban J connectivity index is 2.33. The van der Waals surface area contributed by atoms with Gasteiger partial charge < -0.3 is 4.74 Å². The van der Waals surface area contributed by atoms with E-state index in [-0.39, 0.29) is 5.38 Å². The molecule has 7 heteroatoms. The Hall–Kier alpha value is -1.66. The number of halogens is 2. The zero-order chi connectivity index (χ0) is 15.0. The van der Waals surface area contributed by atoms with Crippen molar-refractivity contribution in [3.8, 4) is 11.6 Å². The molecule has 0 N–H and O–H groups in total. The SMILES string of the molecule is COc1ncnc2c1nc(C(C)Cl)n2-c1ccc(Br)cc1. The lowest BCUT2D eigenvalue weighted by Gasteiger charge is -2.09. The molecule has 3 rings (SSSR count). The highest BCUT2D eigenvalue weighted by molar-refractivity contribution is 9.10. The van der Waals surface area contributed by atoms with Gasteiger partial charge in [-0.3, -0.25) is 4.57 Å². The van der Waals surface area contributed by atoms with Gasteiger partial charge in [-0.2, -0.15) is 4.98 Å². The van der Waals surface area contributed by atoms with Crippen LogP contribution in [-0.4, -0.2) is 26.6 Å². The van der Waals surface area contributed by atoms with Crippen LogP contribution in [0, 0.1) is 0 Å². The number of methoxy groups -OCH3 is 1. The van der Waals surface area contributed by atoms with E-state index in [0.717, 1.165) is 10.2 Å². The molecule has 1 atom stereocenters. The summed E-state index contributed by atoms with van der Waals surface area (Å²) in [4.78, 5) is 13.0. The Kier molecular flexibility index (Phi) is 3.82. The van der Waals surface area contributed by atoms with E-state index < -0.39 is 0 Å². The van der Waals surface area contributed by atoms with Crippen molar-refractivity contribution in [2.45, 2.75) is 12.3 Å². The van der Waals surface area contributed by atoms with Gasteiger partial charge in [0, 0.05) is 10.2 Å². The molecule has 2 aromatic heterocycles. The minimum atomic E-state index is -0.271. The maximum Gasteiger partial charge on any atom is 0.245 e. The first-order valence-corrected chi connectivity index (χ1v) is 7.52. The molecule has 0 radical (unpaired) electrons. The van der Waals surface area contributed by atoms with Gasteiger partial charge >= 0.3 is 0 Å². The largest absolute Gasteiger partial charge is 0.479 e. The lowest BCUT2D eigenvalue weighted by atomic mass is 10.3. The Morgan fingerprint density at radius 2 is 1.95 bits per heavy atom. The second-order valence-electron chi connectivity index (χ2n) is 4.45. The second kappa shape index (κ2) is 5.61. The number of imidazole rings is 1. The van der Waals surface area contributed by atoms with E-state index in [4.69, 9.17) is 16.3 Å². The number of hydrogen-bond acceptors (Lipinski definition) is 4. The normalized spacial score (nSPS) is 12.6. The van der Waals surface area contributed by atoms with Crippen LogP contribution in [0.2, 0.25) is 0 Å². The summed E-state index contributed by atoms with van der Waals surface area (Å²) in [6, 6.07) is 7.87. The highest BCUT2D eigenvalue weighted by Crippen LogP contribution is 2.30. The third-order valence-corrected chi connectivity index (χ3v) is 3.79. The molecule has 0 amide bonds. The fraction of sp³-hybridized carbons (Fsp3) is 0.214. The topological polar surface area (TPSA) is 52.8 Å². The first-order valence-electron chi connectivity index (χ1n) is 6.29. The molecule has 0 bridgehead atoms. The molecule has 0 aliphatic carbocycles. The highest BCUT2D eigenvalue weighted by atomic mass is 79.9. The predicted octanol–water partition coefficient (Wildman–Crippen LogP) is 3.89. The fourth-order valence-electron chi connectivity index (χ4n) is 2.15. The minimum absolute atomic E-state index is 0.271. The number of nitrogens with zero attached hydrogens (tertiary/aromatic N) is 4. The van der Waals surface area contributed by atoms with Crippen molar-refractivity contribution in [3.63, 3.8) is 0 Å². The van der Waals surface area contributed by atoms with E-state index in [2.05, 4.69) is 30.9 Å². The molecule has 0 saturated heterocycles. The van der Waals surface area contributed by atoms with E-state index in [1.54, 1.807) is 7.11 Å². The monoisotopic (exact) mass is 366 g/mol. The Morgan fingerprint density at radius 3 is 2.57 bits per heavy atom. The van der Waals surface area contributed by atoms with Crippen molar-refractivity contribution in [2.75, 3.05) is 7.11 Å². The van der Waals surface area contributed by atoms with Gasteiger partial charge in [0.1, 0.15) is 12.2 Å². The predicted molar refractivity (Wildman–Crippen MR) is 85.2 cm³/mol. The molecule has 0 fully saturated rings. The maximum atomic E-state index is 6.27. The van der Waals surface area contributed by atoms with Crippen LogP contribution in [0.3, 0.4) is 0 Å². The zero-order valence-corrected chi connectivity index (χ0v) is 13.8. The number of hydrogen-bond donors (Lipinski definition) is 0. The van der Waals surface area contributed by atoms with Crippen molar-refractivity contribution in [3.05, 3.63) is 40.9 Å². The lowest BCUT2D eigenvalue weighted by Crippen LogP contribution is -2.02. The Morgan fingerprint density at radius 1 is 1.24 bits per heavy atom. The van der Waals surface area contributed by atoms with Gasteiger partial charge in [-0.1, -0.05) is 15.9 Å². The van der Waals surface area contributed by atoms with Crippen molar-refractivity contribution < 1.29 is 4.74 Å². The molecule has 0 aliphatic heterocycles. The Labute approximate surface area is 135 Å². The summed E-state index contributed by atoms with van der Waals surface area (Å²) < 4.78 is 8.18. The van der Waals surface area contributed by atoms with E-state index in [1.165, 1.54) is 6.33 Å². The van der Waals surface area contributed by atoms with Crippen LogP contribution in [0.25, 0.3) is 16.9 Å². The standard InChI is InChI=1S/C14H12BrClN4O/c1-8(16)12-19-11-13(17-7-18-14(11)21-2)20(12)10-5-3-9(15)4-6-10/h3-8H,1-2H3. The number of alkyl halides is 1. The molecule has 0 saturated carbocycles. The molecule has 1 aromatic carbocycles. The highest BCUT2D eigenvalue weighted by Gasteiger charge is 2.20.